The molecule has 0 aliphatic carbocycles. The van der Waals surface area contributed by atoms with Crippen LogP contribution >= 0.6 is 0 Å². The van der Waals surface area contributed by atoms with Gasteiger partial charge in [-0.1, -0.05) is 36.8 Å². The molecule has 6 heteroatoms. The summed E-state index contributed by atoms with van der Waals surface area (Å²) in [6.45, 7) is 6.99. The van der Waals surface area contributed by atoms with E-state index in [-0.39, 0.29) is 30.9 Å². The van der Waals surface area contributed by atoms with Crippen LogP contribution in [0.1, 0.15) is 31.4 Å². The Morgan fingerprint density at radius 2 is 2.00 bits per heavy atom. The van der Waals surface area contributed by atoms with Crippen LogP contribution in [0, 0.1) is 6.92 Å². The molecule has 23 heavy (non-hydrogen) atoms. The zero-order valence-corrected chi connectivity index (χ0v) is 13.9. The molecule has 1 aliphatic rings. The Balaban J connectivity index is 0.000000816. The maximum absolute atomic E-state index is 12.3. The van der Waals surface area contributed by atoms with E-state index >= 15 is 0 Å². The van der Waals surface area contributed by atoms with Crippen molar-refractivity contribution in [2.24, 2.45) is 0 Å². The number of benzene rings is 1. The highest BCUT2D eigenvalue weighted by Crippen LogP contribution is 2.17. The summed E-state index contributed by atoms with van der Waals surface area (Å²) in [5.41, 5.74) is 2.24. The van der Waals surface area contributed by atoms with Crippen molar-refractivity contribution < 1.29 is 19.5 Å². The molecule has 6 nitrogen and oxygen atoms in total. The molecule has 1 atom stereocenters. The molecule has 1 N–H and O–H groups in total. The first-order valence-corrected chi connectivity index (χ1v) is 7.66. The number of amides is 2. The second-order valence-corrected chi connectivity index (χ2v) is 5.55. The van der Waals surface area contributed by atoms with Gasteiger partial charge in [-0.15, -0.1) is 0 Å². The van der Waals surface area contributed by atoms with E-state index in [1.54, 1.807) is 9.80 Å². The van der Waals surface area contributed by atoms with E-state index < -0.39 is 0 Å². The molecule has 0 unspecified atom stereocenters. The molecule has 1 aliphatic heterocycles. The van der Waals surface area contributed by atoms with Crippen LogP contribution in [0.25, 0.3) is 0 Å². The van der Waals surface area contributed by atoms with Crippen LogP contribution in [0.2, 0.25) is 0 Å². The fourth-order valence-electron chi connectivity index (χ4n) is 2.64. The van der Waals surface area contributed by atoms with E-state index in [4.69, 9.17) is 9.90 Å². The van der Waals surface area contributed by atoms with Gasteiger partial charge in [0.2, 0.25) is 11.8 Å². The van der Waals surface area contributed by atoms with Crippen LogP contribution < -0.4 is 0 Å². The van der Waals surface area contributed by atoms with Gasteiger partial charge in [0.15, 0.2) is 0 Å². The molecule has 2 amide bonds. The molecule has 126 valence electrons. The van der Waals surface area contributed by atoms with Crippen molar-refractivity contribution in [1.82, 2.24) is 9.80 Å². The Morgan fingerprint density at radius 3 is 2.57 bits per heavy atom. The lowest BCUT2D eigenvalue weighted by atomic mass is 10.1. The molecule has 1 heterocycles. The van der Waals surface area contributed by atoms with Crippen LogP contribution in [0.15, 0.2) is 24.3 Å². The molecule has 1 saturated heterocycles. The number of aryl methyl sites for hydroxylation is 1. The van der Waals surface area contributed by atoms with Gasteiger partial charge >= 0.3 is 0 Å². The molecule has 0 aromatic heterocycles. The molecule has 0 spiro atoms. The van der Waals surface area contributed by atoms with Gasteiger partial charge in [0.05, 0.1) is 6.54 Å². The van der Waals surface area contributed by atoms with Crippen molar-refractivity contribution in [3.63, 3.8) is 0 Å². The first-order chi connectivity index (χ1) is 10.9. The highest BCUT2D eigenvalue weighted by Gasteiger charge is 2.35. The van der Waals surface area contributed by atoms with Crippen LogP contribution in [-0.2, 0) is 20.9 Å². The molecule has 0 saturated carbocycles. The SMILES string of the molecule is CCCN1CC(=O)N(Cc2cccc(C)c2)[C@H](C)C1=O.O=CO. The first kappa shape index (κ1) is 18.7. The summed E-state index contributed by atoms with van der Waals surface area (Å²) in [5, 5.41) is 6.89. The maximum atomic E-state index is 12.3. The van der Waals surface area contributed by atoms with E-state index in [1.165, 1.54) is 5.56 Å². The van der Waals surface area contributed by atoms with Gasteiger partial charge in [0.25, 0.3) is 6.47 Å². The standard InChI is InChI=1S/C16H22N2O2.CH2O2/c1-4-8-17-11-15(19)18(13(3)16(17)20)10-14-7-5-6-12(2)9-14;2-1-3/h5-7,9,13H,4,8,10-11H2,1-3H3;1H,(H,2,3)/t13-;/m1./s1. The summed E-state index contributed by atoms with van der Waals surface area (Å²) in [4.78, 5) is 36.2. The Morgan fingerprint density at radius 1 is 1.35 bits per heavy atom. The molecular weight excluding hydrogens is 296 g/mol. The number of carbonyl (C=O) groups excluding carboxylic acids is 2. The molecule has 0 radical (unpaired) electrons. The lowest BCUT2D eigenvalue weighted by Gasteiger charge is -2.38. The number of hydrogen-bond acceptors (Lipinski definition) is 3. The number of piperazine rings is 1. The third kappa shape index (κ3) is 5.09. The van der Waals surface area contributed by atoms with Gasteiger partial charge in [-0.25, -0.2) is 0 Å². The summed E-state index contributed by atoms with van der Waals surface area (Å²) < 4.78 is 0. The second-order valence-electron chi connectivity index (χ2n) is 5.55. The van der Waals surface area contributed by atoms with Crippen molar-refractivity contribution in [3.05, 3.63) is 35.4 Å². The Kier molecular flexibility index (Phi) is 7.25. The van der Waals surface area contributed by atoms with Crippen molar-refractivity contribution in [1.29, 1.82) is 0 Å². The smallest absolute Gasteiger partial charge is 0.290 e. The Labute approximate surface area is 136 Å². The minimum Gasteiger partial charge on any atom is -0.483 e. The zero-order chi connectivity index (χ0) is 17.4. The van der Waals surface area contributed by atoms with Crippen molar-refractivity contribution >= 4 is 18.3 Å². The fraction of sp³-hybridized carbons (Fsp3) is 0.471. The van der Waals surface area contributed by atoms with E-state index in [0.29, 0.717) is 13.1 Å². The summed E-state index contributed by atoms with van der Waals surface area (Å²) in [7, 11) is 0. The van der Waals surface area contributed by atoms with Gasteiger partial charge < -0.3 is 14.9 Å². The van der Waals surface area contributed by atoms with E-state index in [2.05, 4.69) is 6.07 Å². The number of hydrogen-bond donors (Lipinski definition) is 1. The lowest BCUT2D eigenvalue weighted by Crippen LogP contribution is -2.58. The minimum absolute atomic E-state index is 0.0343. The molecule has 2 rings (SSSR count). The average molecular weight is 320 g/mol. The summed E-state index contributed by atoms with van der Waals surface area (Å²) >= 11 is 0. The minimum atomic E-state index is -0.372. The van der Waals surface area contributed by atoms with Gasteiger partial charge in [-0.2, -0.15) is 0 Å². The van der Waals surface area contributed by atoms with Gasteiger partial charge in [-0.05, 0) is 25.8 Å². The van der Waals surface area contributed by atoms with Crippen molar-refractivity contribution in [3.8, 4) is 0 Å². The van der Waals surface area contributed by atoms with Gasteiger partial charge in [0, 0.05) is 13.1 Å². The molecule has 1 fully saturated rings. The molecular formula is C17H24N2O4. The summed E-state index contributed by atoms with van der Waals surface area (Å²) in [6, 6.07) is 7.69. The predicted molar refractivity (Wildman–Crippen MR) is 86.8 cm³/mol. The van der Waals surface area contributed by atoms with Crippen LogP contribution in [0.5, 0.6) is 0 Å². The molecule has 1 aromatic rings. The van der Waals surface area contributed by atoms with Gasteiger partial charge in [-0.3, -0.25) is 14.4 Å². The van der Waals surface area contributed by atoms with E-state index in [1.807, 2.05) is 39.0 Å². The maximum Gasteiger partial charge on any atom is 0.290 e. The average Bonchev–Trinajstić information content (AvgIpc) is 2.50. The highest BCUT2D eigenvalue weighted by molar-refractivity contribution is 5.94. The largest absolute Gasteiger partial charge is 0.483 e. The first-order valence-electron chi connectivity index (χ1n) is 7.66. The number of carboxylic acid groups (broad SMARTS) is 1. The fourth-order valence-corrected chi connectivity index (χ4v) is 2.64. The number of nitrogens with zero attached hydrogens (tertiary/aromatic N) is 2. The van der Waals surface area contributed by atoms with Crippen LogP contribution in [0.3, 0.4) is 0 Å². The summed E-state index contributed by atoms with van der Waals surface area (Å²) in [5.74, 6) is 0.0890. The van der Waals surface area contributed by atoms with Crippen molar-refractivity contribution in [2.75, 3.05) is 13.1 Å². The number of rotatable bonds is 4. The van der Waals surface area contributed by atoms with Crippen LogP contribution in [0.4, 0.5) is 0 Å². The monoisotopic (exact) mass is 320 g/mol. The van der Waals surface area contributed by atoms with Gasteiger partial charge in [0.1, 0.15) is 6.04 Å². The topological polar surface area (TPSA) is 77.9 Å². The predicted octanol–water partition coefficient (Wildman–Crippen LogP) is 1.67. The molecule has 0 bridgehead atoms. The Bertz CT molecular complexity index is 559. The molecule has 1 aromatic carbocycles. The Hall–Kier alpha value is -2.37. The van der Waals surface area contributed by atoms with E-state index in [9.17, 15) is 9.59 Å². The number of carbonyl (C=O) groups is 3. The zero-order valence-electron chi connectivity index (χ0n) is 13.9. The highest BCUT2D eigenvalue weighted by atomic mass is 16.3. The normalized spacial score (nSPS) is 17.6. The third-order valence-electron chi connectivity index (χ3n) is 3.71. The van der Waals surface area contributed by atoms with Crippen LogP contribution in [-0.4, -0.2) is 52.3 Å². The third-order valence-corrected chi connectivity index (χ3v) is 3.71. The summed E-state index contributed by atoms with van der Waals surface area (Å²) in [6.07, 6.45) is 0.879. The second kappa shape index (κ2) is 8.92. The lowest BCUT2D eigenvalue weighted by molar-refractivity contribution is -0.155. The van der Waals surface area contributed by atoms with Crippen molar-refractivity contribution in [2.45, 2.75) is 39.8 Å². The van der Waals surface area contributed by atoms with E-state index in [0.717, 1.165) is 12.0 Å². The quantitative estimate of drug-likeness (QED) is 0.856.